The van der Waals surface area contributed by atoms with Gasteiger partial charge in [-0.3, -0.25) is 19.2 Å². The number of halogens is 1. The molecule has 0 bridgehead atoms. The normalized spacial score (nSPS) is 22.2. The highest BCUT2D eigenvalue weighted by Crippen LogP contribution is 2.53. The number of fused-ring (bicyclic) bond motifs is 2. The standard InChI is InChI=1S/C34H34ClNO9S/c1-19(37)41-18-29-30(42-20(2)38)31(43-21(3)39)32(44-22(4)40)34(45-29)46-33-25-9-5-7-11-27(25)36(28-12-8-6-10-26(28)33)17-23-13-15-24(35)16-14-23/h5-16,29-34H,17-18H2,1-4H3/t29-,30-,31+,32-,34+/m1/s1. The van der Waals surface area contributed by atoms with Gasteiger partial charge in [-0.2, -0.15) is 0 Å². The molecule has 0 amide bonds. The molecule has 0 aromatic heterocycles. The number of esters is 4. The second-order valence-electron chi connectivity index (χ2n) is 10.9. The van der Waals surface area contributed by atoms with Crippen molar-refractivity contribution in [1.82, 2.24) is 0 Å². The van der Waals surface area contributed by atoms with Gasteiger partial charge in [-0.1, -0.05) is 60.1 Å². The molecule has 5 atom stereocenters. The second kappa shape index (κ2) is 14.6. The zero-order chi connectivity index (χ0) is 33.0. The van der Waals surface area contributed by atoms with E-state index in [0.717, 1.165) is 28.1 Å². The van der Waals surface area contributed by atoms with Crippen LogP contribution < -0.4 is 4.90 Å². The van der Waals surface area contributed by atoms with E-state index in [1.807, 2.05) is 72.8 Å². The first kappa shape index (κ1) is 33.3. The van der Waals surface area contributed by atoms with Crippen LogP contribution in [-0.2, 0) is 49.4 Å². The van der Waals surface area contributed by atoms with Crippen LogP contribution in [0.15, 0.2) is 72.8 Å². The minimum absolute atomic E-state index is 0.290. The van der Waals surface area contributed by atoms with Gasteiger partial charge < -0.3 is 28.6 Å². The fourth-order valence-electron chi connectivity index (χ4n) is 5.73. The van der Waals surface area contributed by atoms with Crippen LogP contribution in [0.25, 0.3) is 0 Å². The largest absolute Gasteiger partial charge is 0.463 e. The van der Waals surface area contributed by atoms with E-state index in [4.69, 9.17) is 35.3 Å². The van der Waals surface area contributed by atoms with Crippen molar-refractivity contribution in [3.63, 3.8) is 0 Å². The monoisotopic (exact) mass is 667 g/mol. The molecule has 2 heterocycles. The smallest absolute Gasteiger partial charge is 0.303 e. The highest BCUT2D eigenvalue weighted by Gasteiger charge is 2.53. The number of ether oxygens (including phenoxy) is 5. The Labute approximate surface area is 276 Å². The number of benzene rings is 3. The summed E-state index contributed by atoms with van der Waals surface area (Å²) in [7, 11) is 0. The van der Waals surface area contributed by atoms with Gasteiger partial charge in [-0.15, -0.1) is 11.8 Å². The summed E-state index contributed by atoms with van der Waals surface area (Å²) in [5.41, 5.74) is 4.04. The Morgan fingerprint density at radius 2 is 1.24 bits per heavy atom. The summed E-state index contributed by atoms with van der Waals surface area (Å²) >= 11 is 7.51. The molecule has 0 saturated carbocycles. The van der Waals surface area contributed by atoms with E-state index < -0.39 is 53.7 Å². The Bertz CT molecular complexity index is 1550. The predicted octanol–water partition coefficient (Wildman–Crippen LogP) is 5.90. The lowest BCUT2D eigenvalue weighted by molar-refractivity contribution is -0.237. The first-order valence-electron chi connectivity index (χ1n) is 14.7. The average molecular weight is 668 g/mol. The zero-order valence-electron chi connectivity index (χ0n) is 25.7. The summed E-state index contributed by atoms with van der Waals surface area (Å²) in [5.74, 6) is -2.57. The Morgan fingerprint density at radius 1 is 0.717 bits per heavy atom. The molecular weight excluding hydrogens is 634 g/mol. The number of para-hydroxylation sites is 2. The van der Waals surface area contributed by atoms with E-state index in [1.165, 1.54) is 39.5 Å². The summed E-state index contributed by atoms with van der Waals surface area (Å²) in [6, 6.07) is 23.7. The van der Waals surface area contributed by atoms with Crippen LogP contribution in [-0.4, -0.2) is 60.3 Å². The van der Waals surface area contributed by atoms with Crippen LogP contribution in [0, 0.1) is 0 Å². The van der Waals surface area contributed by atoms with Gasteiger partial charge in [0.05, 0.1) is 5.25 Å². The molecule has 10 nitrogen and oxygen atoms in total. The van der Waals surface area contributed by atoms with Crippen LogP contribution in [0.4, 0.5) is 11.4 Å². The molecule has 3 aromatic carbocycles. The fourth-order valence-corrected chi connectivity index (χ4v) is 7.39. The lowest BCUT2D eigenvalue weighted by atomic mass is 9.94. The van der Waals surface area contributed by atoms with Gasteiger partial charge >= 0.3 is 23.9 Å². The topological polar surface area (TPSA) is 118 Å². The Morgan fingerprint density at radius 3 is 1.78 bits per heavy atom. The number of carbonyl (C=O) groups is 4. The molecule has 0 radical (unpaired) electrons. The quantitative estimate of drug-likeness (QED) is 0.201. The molecule has 0 spiro atoms. The Hall–Kier alpha value is -4.06. The SMILES string of the molecule is CC(=O)OC[C@H]1O[C@@H](SC2c3ccccc3N(Cc3ccc(Cl)cc3)c3ccccc32)[C@H](OC(C)=O)[C@@H](OC(C)=O)[C@@H]1OC(C)=O. The molecule has 46 heavy (non-hydrogen) atoms. The van der Waals surface area contributed by atoms with Crippen LogP contribution in [0.3, 0.4) is 0 Å². The van der Waals surface area contributed by atoms with Crippen LogP contribution in [0.2, 0.25) is 5.02 Å². The van der Waals surface area contributed by atoms with Crippen molar-refractivity contribution < 1.29 is 42.9 Å². The van der Waals surface area contributed by atoms with E-state index >= 15 is 0 Å². The zero-order valence-corrected chi connectivity index (χ0v) is 27.3. The third-order valence-corrected chi connectivity index (χ3v) is 9.17. The summed E-state index contributed by atoms with van der Waals surface area (Å²) in [6.07, 6.45) is -4.66. The van der Waals surface area contributed by atoms with Gasteiger partial charge in [-0.05, 0) is 41.0 Å². The molecular formula is C34H34ClNO9S. The molecule has 5 rings (SSSR count). The number of anilines is 2. The van der Waals surface area contributed by atoms with Crippen LogP contribution >= 0.6 is 23.4 Å². The third kappa shape index (κ3) is 7.66. The van der Waals surface area contributed by atoms with E-state index in [-0.39, 0.29) is 11.9 Å². The van der Waals surface area contributed by atoms with Gasteiger partial charge in [0.25, 0.3) is 0 Å². The lowest BCUT2D eigenvalue weighted by Gasteiger charge is -2.46. The summed E-state index contributed by atoms with van der Waals surface area (Å²) in [4.78, 5) is 50.9. The Kier molecular flexibility index (Phi) is 10.6. The van der Waals surface area contributed by atoms with Crippen molar-refractivity contribution >= 4 is 58.6 Å². The fraction of sp³-hybridized carbons (Fsp3) is 0.353. The van der Waals surface area contributed by atoms with E-state index in [1.54, 1.807) is 0 Å². The maximum atomic E-state index is 12.4. The molecule has 1 fully saturated rings. The maximum absolute atomic E-state index is 12.4. The number of carbonyl (C=O) groups excluding carboxylic acids is 4. The van der Waals surface area contributed by atoms with E-state index in [9.17, 15) is 19.2 Å². The Balaban J connectivity index is 1.56. The highest BCUT2D eigenvalue weighted by atomic mass is 35.5. The molecule has 2 aliphatic rings. The second-order valence-corrected chi connectivity index (χ2v) is 12.6. The molecule has 0 N–H and O–H groups in total. The minimum atomic E-state index is -1.24. The van der Waals surface area contributed by atoms with Crippen LogP contribution in [0.5, 0.6) is 0 Å². The van der Waals surface area contributed by atoms with Crippen molar-refractivity contribution in [2.24, 2.45) is 0 Å². The van der Waals surface area contributed by atoms with E-state index in [2.05, 4.69) is 4.90 Å². The molecule has 0 aliphatic carbocycles. The van der Waals surface area contributed by atoms with Crippen molar-refractivity contribution in [3.05, 3.63) is 94.5 Å². The van der Waals surface area contributed by atoms with Crippen molar-refractivity contribution in [2.45, 2.75) is 69.3 Å². The van der Waals surface area contributed by atoms with Crippen molar-refractivity contribution in [1.29, 1.82) is 0 Å². The summed E-state index contributed by atoms with van der Waals surface area (Å²) in [5, 5.41) is 0.332. The van der Waals surface area contributed by atoms with Gasteiger partial charge in [0, 0.05) is 50.6 Å². The number of rotatable bonds is 9. The number of nitrogens with zero attached hydrogens (tertiary/aromatic N) is 1. The maximum Gasteiger partial charge on any atom is 0.303 e. The summed E-state index contributed by atoms with van der Waals surface area (Å²) in [6.45, 7) is 5.17. The highest BCUT2D eigenvalue weighted by molar-refractivity contribution is 8.00. The van der Waals surface area contributed by atoms with E-state index in [0.29, 0.717) is 11.6 Å². The van der Waals surface area contributed by atoms with Crippen molar-refractivity contribution in [3.8, 4) is 0 Å². The molecule has 242 valence electrons. The van der Waals surface area contributed by atoms with Crippen molar-refractivity contribution in [2.75, 3.05) is 11.5 Å². The molecule has 0 unspecified atom stereocenters. The average Bonchev–Trinajstić information content (AvgIpc) is 3.00. The number of thioether (sulfide) groups is 1. The minimum Gasteiger partial charge on any atom is -0.463 e. The van der Waals surface area contributed by atoms with Gasteiger partial charge in [-0.25, -0.2) is 0 Å². The number of hydrogen-bond acceptors (Lipinski definition) is 11. The summed E-state index contributed by atoms with van der Waals surface area (Å²) < 4.78 is 28.7. The molecule has 3 aromatic rings. The van der Waals surface area contributed by atoms with Gasteiger partial charge in [0.15, 0.2) is 18.3 Å². The van der Waals surface area contributed by atoms with Gasteiger partial charge in [0.2, 0.25) is 0 Å². The lowest BCUT2D eigenvalue weighted by Crippen LogP contribution is -2.61. The molecule has 1 saturated heterocycles. The molecule has 12 heteroatoms. The predicted molar refractivity (Wildman–Crippen MR) is 172 cm³/mol. The molecule has 2 aliphatic heterocycles. The first-order valence-corrected chi connectivity index (χ1v) is 16.0. The number of hydrogen-bond donors (Lipinski definition) is 0. The first-order chi connectivity index (χ1) is 22.0. The van der Waals surface area contributed by atoms with Gasteiger partial charge in [0.1, 0.15) is 18.1 Å². The van der Waals surface area contributed by atoms with Crippen LogP contribution in [0.1, 0.15) is 49.6 Å². The third-order valence-electron chi connectivity index (χ3n) is 7.49.